The van der Waals surface area contributed by atoms with E-state index in [4.69, 9.17) is 21.1 Å². The second-order valence-corrected chi connectivity index (χ2v) is 8.64. The fourth-order valence-electron chi connectivity index (χ4n) is 3.21. The molecule has 0 fully saturated rings. The van der Waals surface area contributed by atoms with Crippen molar-refractivity contribution in [3.63, 3.8) is 0 Å². The van der Waals surface area contributed by atoms with E-state index in [1.54, 1.807) is 0 Å². The van der Waals surface area contributed by atoms with Crippen LogP contribution in [0.5, 0.6) is 5.88 Å². The molecule has 0 bridgehead atoms. The lowest BCUT2D eigenvalue weighted by molar-refractivity contribution is -0.163. The van der Waals surface area contributed by atoms with Gasteiger partial charge in [-0.3, -0.25) is 19.0 Å². The average molecular weight is 542 g/mol. The van der Waals surface area contributed by atoms with Crippen molar-refractivity contribution in [1.29, 1.82) is 0 Å². The van der Waals surface area contributed by atoms with Crippen LogP contribution in [-0.4, -0.2) is 27.0 Å². The Bertz CT molecular complexity index is 1400. The predicted molar refractivity (Wildman–Crippen MR) is 123 cm³/mol. The average Bonchev–Trinajstić information content (AvgIpc) is 2.79. The zero-order valence-corrected chi connectivity index (χ0v) is 20.5. The molecule has 196 valence electrons. The Labute approximate surface area is 212 Å². The van der Waals surface area contributed by atoms with Crippen LogP contribution in [0, 0.1) is 23.3 Å². The van der Waals surface area contributed by atoms with Gasteiger partial charge >= 0.3 is 5.97 Å². The lowest BCUT2D eigenvalue weighted by atomic mass is 10.1. The third kappa shape index (κ3) is 6.45. The summed E-state index contributed by atoms with van der Waals surface area (Å²) in [6.07, 6.45) is 0.773. The smallest absolute Gasteiger partial charge is 0.303 e. The number of carbonyl (C=O) groups is 2. The summed E-state index contributed by atoms with van der Waals surface area (Å²) >= 11 is 5.98. The van der Waals surface area contributed by atoms with Gasteiger partial charge in [0.25, 0.3) is 11.5 Å². The first-order valence-corrected chi connectivity index (χ1v) is 11.0. The summed E-state index contributed by atoms with van der Waals surface area (Å²) in [7, 11) is 0. The summed E-state index contributed by atoms with van der Waals surface area (Å²) in [4.78, 5) is 39.8. The lowest BCUT2D eigenvalue weighted by Crippen LogP contribution is -2.44. The summed E-state index contributed by atoms with van der Waals surface area (Å²) in [6.45, 7) is 3.07. The molecule has 37 heavy (non-hydrogen) atoms. The molecular weight excluding hydrogens is 522 g/mol. The number of halogens is 5. The van der Waals surface area contributed by atoms with Crippen molar-refractivity contribution in [2.75, 3.05) is 0 Å². The quantitative estimate of drug-likeness (QED) is 0.342. The minimum atomic E-state index is -1.51. The summed E-state index contributed by atoms with van der Waals surface area (Å²) in [5.74, 6) is -5.81. The van der Waals surface area contributed by atoms with Crippen LogP contribution in [0.4, 0.5) is 17.6 Å². The van der Waals surface area contributed by atoms with Crippen molar-refractivity contribution in [3.05, 3.63) is 86.4 Å². The molecule has 0 aliphatic heterocycles. The first-order valence-electron chi connectivity index (χ1n) is 10.6. The van der Waals surface area contributed by atoms with E-state index in [1.165, 1.54) is 13.8 Å². The van der Waals surface area contributed by atoms with Crippen molar-refractivity contribution < 1.29 is 36.6 Å². The SMILES string of the molecule is CC(=O)OC(C)(C)C(=O)NCc1cc(F)c(-n2cnc(OCc3ccc(F)cc3F)c(Cl)c2=O)c(F)c1. The van der Waals surface area contributed by atoms with E-state index in [1.807, 2.05) is 0 Å². The second-order valence-electron chi connectivity index (χ2n) is 8.26. The van der Waals surface area contributed by atoms with Gasteiger partial charge in [-0.2, -0.15) is 0 Å². The summed E-state index contributed by atoms with van der Waals surface area (Å²) < 4.78 is 67.1. The number of benzene rings is 2. The maximum absolute atomic E-state index is 14.8. The number of nitrogens with one attached hydrogen (secondary N) is 1. The third-order valence-electron chi connectivity index (χ3n) is 4.98. The first-order chi connectivity index (χ1) is 17.3. The predicted octanol–water partition coefficient (Wildman–Crippen LogP) is 3.98. The van der Waals surface area contributed by atoms with Crippen molar-refractivity contribution >= 4 is 23.5 Å². The Balaban J connectivity index is 1.80. The number of aromatic nitrogens is 2. The zero-order chi connectivity index (χ0) is 27.5. The Morgan fingerprint density at radius 3 is 2.32 bits per heavy atom. The van der Waals surface area contributed by atoms with Crippen LogP contribution in [-0.2, 0) is 27.5 Å². The number of hydrogen-bond donors (Lipinski definition) is 1. The number of rotatable bonds is 8. The minimum Gasteiger partial charge on any atom is -0.471 e. The van der Waals surface area contributed by atoms with Gasteiger partial charge in [0.1, 0.15) is 30.3 Å². The van der Waals surface area contributed by atoms with Gasteiger partial charge in [0.15, 0.2) is 22.3 Å². The van der Waals surface area contributed by atoms with Gasteiger partial charge in [0.05, 0.1) is 0 Å². The molecule has 8 nitrogen and oxygen atoms in total. The summed E-state index contributed by atoms with van der Waals surface area (Å²) in [6, 6.07) is 4.56. The maximum Gasteiger partial charge on any atom is 0.303 e. The lowest BCUT2D eigenvalue weighted by Gasteiger charge is -2.23. The Morgan fingerprint density at radius 1 is 1.08 bits per heavy atom. The monoisotopic (exact) mass is 541 g/mol. The van der Waals surface area contributed by atoms with E-state index in [2.05, 4.69) is 10.3 Å². The van der Waals surface area contributed by atoms with Crippen LogP contribution in [0.1, 0.15) is 31.9 Å². The number of ether oxygens (including phenoxy) is 2. The normalized spacial score (nSPS) is 11.2. The van der Waals surface area contributed by atoms with Gasteiger partial charge in [0, 0.05) is 25.1 Å². The zero-order valence-electron chi connectivity index (χ0n) is 19.7. The van der Waals surface area contributed by atoms with Crippen molar-refractivity contribution in [2.24, 2.45) is 0 Å². The topological polar surface area (TPSA) is 99.5 Å². The van der Waals surface area contributed by atoms with E-state index in [0.717, 1.165) is 37.5 Å². The first kappa shape index (κ1) is 27.7. The van der Waals surface area contributed by atoms with Crippen LogP contribution in [0.3, 0.4) is 0 Å². The van der Waals surface area contributed by atoms with Gasteiger partial charge < -0.3 is 14.8 Å². The molecule has 0 aliphatic carbocycles. The minimum absolute atomic E-state index is 0.0131. The molecule has 0 aliphatic rings. The van der Waals surface area contributed by atoms with Crippen molar-refractivity contribution in [1.82, 2.24) is 14.9 Å². The highest BCUT2D eigenvalue weighted by Gasteiger charge is 2.30. The summed E-state index contributed by atoms with van der Waals surface area (Å²) in [5, 5.41) is 1.77. The molecule has 3 aromatic rings. The molecule has 0 spiro atoms. The second kappa shape index (κ2) is 11.0. The van der Waals surface area contributed by atoms with Crippen molar-refractivity contribution in [3.8, 4) is 11.6 Å². The molecule has 3 rings (SSSR count). The number of nitrogens with zero attached hydrogens (tertiary/aromatic N) is 2. The van der Waals surface area contributed by atoms with Crippen LogP contribution < -0.4 is 15.6 Å². The molecule has 0 saturated heterocycles. The molecule has 13 heteroatoms. The van der Waals surface area contributed by atoms with Crippen LogP contribution in [0.25, 0.3) is 5.69 Å². The third-order valence-corrected chi connectivity index (χ3v) is 5.30. The molecule has 1 amide bonds. The number of amides is 1. The maximum atomic E-state index is 14.8. The highest BCUT2D eigenvalue weighted by molar-refractivity contribution is 6.31. The molecule has 0 atom stereocenters. The molecular formula is C24H20ClF4N3O5. The van der Waals surface area contributed by atoms with Gasteiger partial charge in [-0.15, -0.1) is 0 Å². The Hall–Kier alpha value is -3.93. The summed E-state index contributed by atoms with van der Waals surface area (Å²) in [5.41, 5.74) is -3.40. The van der Waals surface area contributed by atoms with Gasteiger partial charge in [-0.25, -0.2) is 22.5 Å². The molecule has 1 heterocycles. The molecule has 0 saturated carbocycles. The van der Waals surface area contributed by atoms with Crippen LogP contribution in [0.15, 0.2) is 41.5 Å². The van der Waals surface area contributed by atoms with E-state index in [9.17, 15) is 31.9 Å². The largest absolute Gasteiger partial charge is 0.471 e. The Morgan fingerprint density at radius 2 is 1.73 bits per heavy atom. The number of esters is 1. The number of carbonyl (C=O) groups excluding carboxylic acids is 2. The fraction of sp³-hybridized carbons (Fsp3) is 0.250. The van der Waals surface area contributed by atoms with Crippen LogP contribution in [0.2, 0.25) is 5.02 Å². The fourth-order valence-corrected chi connectivity index (χ4v) is 3.41. The van der Waals surface area contributed by atoms with Gasteiger partial charge in [-0.1, -0.05) is 11.6 Å². The standard InChI is InChI=1S/C24H20ClF4N3O5/c1-12(33)37-24(2,3)23(35)30-9-13-6-17(28)20(18(29)7-13)32-11-31-21(19(25)22(32)34)36-10-14-4-5-15(26)8-16(14)27/h4-8,11H,9-10H2,1-3H3,(H,30,35). The molecule has 1 N–H and O–H groups in total. The molecule has 2 aromatic carbocycles. The van der Waals surface area contributed by atoms with Gasteiger partial charge in [0.2, 0.25) is 5.88 Å². The number of hydrogen-bond acceptors (Lipinski definition) is 6. The van der Waals surface area contributed by atoms with E-state index < -0.39 is 69.5 Å². The highest BCUT2D eigenvalue weighted by Crippen LogP contribution is 2.23. The van der Waals surface area contributed by atoms with Crippen LogP contribution >= 0.6 is 11.6 Å². The van der Waals surface area contributed by atoms with E-state index in [-0.39, 0.29) is 17.7 Å². The molecule has 0 radical (unpaired) electrons. The Kier molecular flexibility index (Phi) is 8.22. The highest BCUT2D eigenvalue weighted by atomic mass is 35.5. The van der Waals surface area contributed by atoms with Gasteiger partial charge in [-0.05, 0) is 43.7 Å². The van der Waals surface area contributed by atoms with Crippen molar-refractivity contribution in [2.45, 2.75) is 39.5 Å². The van der Waals surface area contributed by atoms with E-state index in [0.29, 0.717) is 10.6 Å². The molecule has 0 unspecified atom stereocenters. The van der Waals surface area contributed by atoms with E-state index >= 15 is 0 Å². The molecule has 1 aromatic heterocycles.